The summed E-state index contributed by atoms with van der Waals surface area (Å²) in [6.45, 7) is 0. The van der Waals surface area contributed by atoms with Gasteiger partial charge in [-0.2, -0.15) is 0 Å². The minimum Gasteiger partial charge on any atom is -0.426 e. The Bertz CT molecular complexity index is 428. The van der Waals surface area contributed by atoms with Crippen molar-refractivity contribution in [3.63, 3.8) is 0 Å². The molecule has 0 bridgehead atoms. The maximum Gasteiger partial charge on any atom is 0.478 e. The Morgan fingerprint density at radius 2 is 1.88 bits per heavy atom. The number of halogens is 1. The number of allylic oxidation sites excluding steroid dienone is 4. The smallest absolute Gasteiger partial charge is 0.426 e. The topological polar surface area (TPSA) is 40.5 Å². The molecule has 0 spiro atoms. The quantitative estimate of drug-likeness (QED) is 0.607. The van der Waals surface area contributed by atoms with Crippen LogP contribution in [0.1, 0.15) is 12.0 Å². The lowest BCUT2D eigenvalue weighted by molar-refractivity contribution is 0.387. The molecule has 2 rings (SSSR count). The van der Waals surface area contributed by atoms with Crippen molar-refractivity contribution >= 4 is 24.3 Å². The number of rotatable bonds is 2. The van der Waals surface area contributed by atoms with Crippen molar-refractivity contribution in [2.24, 2.45) is 0 Å². The van der Waals surface area contributed by atoms with Crippen molar-refractivity contribution in [2.45, 2.75) is 11.2 Å². The lowest BCUT2D eigenvalue weighted by atomic mass is 9.67. The summed E-state index contributed by atoms with van der Waals surface area (Å²) >= 11 is 6.03. The summed E-state index contributed by atoms with van der Waals surface area (Å²) in [6.07, 6.45) is 5.79. The van der Waals surface area contributed by atoms with Crippen LogP contribution in [0.5, 0.6) is 0 Å². The average molecular weight is 234 g/mol. The molecular formula is C12H12BClO2. The van der Waals surface area contributed by atoms with Gasteiger partial charge in [-0.15, -0.1) is 11.6 Å². The second-order valence-corrected chi connectivity index (χ2v) is 4.57. The zero-order valence-electron chi connectivity index (χ0n) is 8.68. The molecule has 2 N–H and O–H groups in total. The van der Waals surface area contributed by atoms with Crippen molar-refractivity contribution in [3.05, 3.63) is 54.1 Å². The van der Waals surface area contributed by atoms with E-state index in [1.807, 2.05) is 42.5 Å². The van der Waals surface area contributed by atoms with Crippen LogP contribution in [0.2, 0.25) is 0 Å². The van der Waals surface area contributed by atoms with Gasteiger partial charge in [-0.1, -0.05) is 48.6 Å². The first-order valence-corrected chi connectivity index (χ1v) is 5.49. The van der Waals surface area contributed by atoms with Crippen LogP contribution < -0.4 is 0 Å². The monoisotopic (exact) mass is 234 g/mol. The Morgan fingerprint density at radius 1 is 1.19 bits per heavy atom. The Kier molecular flexibility index (Phi) is 3.19. The highest BCUT2D eigenvalue weighted by Crippen LogP contribution is 2.32. The molecule has 1 unspecified atom stereocenters. The number of benzene rings is 1. The second-order valence-electron chi connectivity index (χ2n) is 3.86. The number of hydrogen-bond acceptors (Lipinski definition) is 2. The van der Waals surface area contributed by atoms with Crippen molar-refractivity contribution in [1.29, 1.82) is 0 Å². The van der Waals surface area contributed by atoms with Gasteiger partial charge in [0.25, 0.3) is 0 Å². The zero-order chi connectivity index (χ0) is 11.6. The Labute approximate surface area is 100 Å². The SMILES string of the molecule is OB(O)C1(Cl)C=CC(c2ccccc2)=CC1. The highest BCUT2D eigenvalue weighted by atomic mass is 35.5. The van der Waals surface area contributed by atoms with Gasteiger partial charge in [0.05, 0.1) is 0 Å². The molecule has 16 heavy (non-hydrogen) atoms. The molecule has 0 amide bonds. The maximum absolute atomic E-state index is 9.14. The third-order valence-electron chi connectivity index (χ3n) is 2.71. The molecule has 1 aromatic carbocycles. The predicted molar refractivity (Wildman–Crippen MR) is 67.0 cm³/mol. The Morgan fingerprint density at radius 3 is 2.38 bits per heavy atom. The van der Waals surface area contributed by atoms with E-state index in [-0.39, 0.29) is 0 Å². The molecule has 0 saturated carbocycles. The van der Waals surface area contributed by atoms with Gasteiger partial charge in [-0.25, -0.2) is 0 Å². The molecule has 82 valence electrons. The van der Waals surface area contributed by atoms with Crippen LogP contribution in [0, 0.1) is 0 Å². The van der Waals surface area contributed by atoms with E-state index in [4.69, 9.17) is 21.6 Å². The van der Waals surface area contributed by atoms with E-state index in [1.165, 1.54) is 0 Å². The van der Waals surface area contributed by atoms with Crippen molar-refractivity contribution in [2.75, 3.05) is 0 Å². The first-order valence-electron chi connectivity index (χ1n) is 5.12. The van der Waals surface area contributed by atoms with Crippen LogP contribution in [0.4, 0.5) is 0 Å². The Hall–Kier alpha value is -1.03. The second kappa shape index (κ2) is 4.46. The van der Waals surface area contributed by atoms with Crippen LogP contribution in [-0.2, 0) is 0 Å². The summed E-state index contributed by atoms with van der Waals surface area (Å²) in [6, 6.07) is 9.90. The molecule has 0 fully saturated rings. The minimum absolute atomic E-state index is 0.410. The van der Waals surface area contributed by atoms with Gasteiger partial charge in [0.2, 0.25) is 0 Å². The molecule has 4 heteroatoms. The van der Waals surface area contributed by atoms with Gasteiger partial charge in [0.15, 0.2) is 0 Å². The number of alkyl halides is 1. The van der Waals surface area contributed by atoms with Crippen LogP contribution >= 0.6 is 11.6 Å². The largest absolute Gasteiger partial charge is 0.478 e. The van der Waals surface area contributed by atoms with Crippen molar-refractivity contribution in [1.82, 2.24) is 0 Å². The summed E-state index contributed by atoms with van der Waals surface area (Å²) in [5.41, 5.74) is 2.16. The summed E-state index contributed by atoms with van der Waals surface area (Å²) in [5, 5.41) is 18.3. The summed E-state index contributed by atoms with van der Waals surface area (Å²) < 4.78 is -1.09. The van der Waals surface area contributed by atoms with Gasteiger partial charge in [0.1, 0.15) is 4.77 Å². The minimum atomic E-state index is -1.54. The van der Waals surface area contributed by atoms with Crippen LogP contribution in [0.3, 0.4) is 0 Å². The van der Waals surface area contributed by atoms with Gasteiger partial charge in [0, 0.05) is 0 Å². The lowest BCUT2D eigenvalue weighted by Crippen LogP contribution is -2.40. The number of hydrogen-bond donors (Lipinski definition) is 2. The molecule has 0 heterocycles. The third kappa shape index (κ3) is 2.22. The van der Waals surface area contributed by atoms with E-state index in [2.05, 4.69) is 0 Å². The standard InChI is InChI=1S/C12H12BClO2/c14-12(13(15)16)8-6-11(7-9-12)10-4-2-1-3-5-10/h1-8,15-16H,9H2. The molecule has 1 aliphatic rings. The molecule has 0 aliphatic heterocycles. The molecule has 0 radical (unpaired) electrons. The average Bonchev–Trinajstić information content (AvgIpc) is 2.31. The molecule has 0 aromatic heterocycles. The van der Waals surface area contributed by atoms with E-state index in [1.54, 1.807) is 6.08 Å². The fourth-order valence-electron chi connectivity index (χ4n) is 1.67. The first kappa shape index (κ1) is 11.5. The Balaban J connectivity index is 2.20. The normalized spacial score (nSPS) is 24.1. The summed E-state index contributed by atoms with van der Waals surface area (Å²) in [4.78, 5) is 0. The van der Waals surface area contributed by atoms with E-state index in [0.29, 0.717) is 6.42 Å². The third-order valence-corrected chi connectivity index (χ3v) is 3.19. The van der Waals surface area contributed by atoms with Crippen LogP contribution in [0.15, 0.2) is 48.6 Å². The molecule has 1 aromatic rings. The van der Waals surface area contributed by atoms with Gasteiger partial charge < -0.3 is 10.0 Å². The molecule has 1 atom stereocenters. The van der Waals surface area contributed by atoms with E-state index < -0.39 is 11.9 Å². The van der Waals surface area contributed by atoms with Gasteiger partial charge in [-0.05, 0) is 17.6 Å². The zero-order valence-corrected chi connectivity index (χ0v) is 9.43. The first-order chi connectivity index (χ1) is 7.62. The summed E-state index contributed by atoms with van der Waals surface area (Å²) in [5.74, 6) is 0. The fourth-order valence-corrected chi connectivity index (χ4v) is 1.81. The molecule has 1 aliphatic carbocycles. The highest BCUT2D eigenvalue weighted by Gasteiger charge is 2.38. The van der Waals surface area contributed by atoms with E-state index >= 15 is 0 Å². The molecule has 0 saturated heterocycles. The predicted octanol–water partition coefficient (Wildman–Crippen LogP) is 2.02. The highest BCUT2D eigenvalue weighted by molar-refractivity contribution is 6.62. The van der Waals surface area contributed by atoms with E-state index in [0.717, 1.165) is 11.1 Å². The maximum atomic E-state index is 9.14. The van der Waals surface area contributed by atoms with E-state index in [9.17, 15) is 0 Å². The van der Waals surface area contributed by atoms with Gasteiger partial charge >= 0.3 is 7.12 Å². The molecule has 2 nitrogen and oxygen atoms in total. The fraction of sp³-hybridized carbons (Fsp3) is 0.167. The lowest BCUT2D eigenvalue weighted by Gasteiger charge is -2.24. The van der Waals surface area contributed by atoms with Gasteiger partial charge in [-0.3, -0.25) is 0 Å². The van der Waals surface area contributed by atoms with Crippen molar-refractivity contribution in [3.8, 4) is 0 Å². The van der Waals surface area contributed by atoms with Crippen molar-refractivity contribution < 1.29 is 10.0 Å². The van der Waals surface area contributed by atoms with Crippen LogP contribution in [0.25, 0.3) is 5.57 Å². The van der Waals surface area contributed by atoms with Crippen LogP contribution in [-0.4, -0.2) is 21.9 Å². The molecular weight excluding hydrogens is 222 g/mol. The summed E-state index contributed by atoms with van der Waals surface area (Å²) in [7, 11) is -1.54.